The van der Waals surface area contributed by atoms with Crippen LogP contribution in [0.1, 0.15) is 0 Å². The Kier molecular flexibility index (Phi) is 4.01. The molecule has 0 aromatic heterocycles. The van der Waals surface area contributed by atoms with Gasteiger partial charge in [0.15, 0.2) is 0 Å². The van der Waals surface area contributed by atoms with Crippen LogP contribution in [0.3, 0.4) is 0 Å². The van der Waals surface area contributed by atoms with E-state index in [1.54, 1.807) is 24.3 Å². The molecule has 0 fully saturated rings. The summed E-state index contributed by atoms with van der Waals surface area (Å²) < 4.78 is 0. The van der Waals surface area contributed by atoms with Crippen LogP contribution < -0.4 is 0 Å². The van der Waals surface area contributed by atoms with Crippen LogP contribution in [0, 0.1) is 10.1 Å². The van der Waals surface area contributed by atoms with Crippen LogP contribution >= 0.6 is 0 Å². The minimum atomic E-state index is -0.575. The molecule has 98 valence electrons. The fourth-order valence-corrected chi connectivity index (χ4v) is 1.44. The van der Waals surface area contributed by atoms with E-state index in [2.05, 4.69) is 20.3 Å². The monoisotopic (exact) mass is 268 g/mol. The lowest BCUT2D eigenvalue weighted by molar-refractivity contribution is -0.384. The van der Waals surface area contributed by atoms with Crippen LogP contribution in [0.25, 0.3) is 10.4 Å². The van der Waals surface area contributed by atoms with Crippen molar-refractivity contribution in [2.24, 2.45) is 15.3 Å². The van der Waals surface area contributed by atoms with E-state index in [0.29, 0.717) is 5.69 Å². The van der Waals surface area contributed by atoms with Gasteiger partial charge in [-0.25, -0.2) is 0 Å². The summed E-state index contributed by atoms with van der Waals surface area (Å²) in [5.41, 5.74) is 9.24. The van der Waals surface area contributed by atoms with Crippen LogP contribution in [-0.4, -0.2) is 4.92 Å². The molecule has 0 atom stereocenters. The number of hydrogen-bond donors (Lipinski definition) is 0. The number of nitrogens with zero attached hydrogens (tertiary/aromatic N) is 6. The molecular weight excluding hydrogens is 260 g/mol. The number of rotatable bonds is 4. The lowest BCUT2D eigenvalue weighted by Crippen LogP contribution is -1.86. The Balaban J connectivity index is 2.38. The molecule has 0 aliphatic heterocycles. The first-order valence-electron chi connectivity index (χ1n) is 5.51. The molecule has 0 saturated carbocycles. The SMILES string of the molecule is [N-]=[N+]=Nc1cc([N+](=O)[O-])ccc1N=Nc1ccccc1. The largest absolute Gasteiger partial charge is 0.270 e. The normalized spacial score (nSPS) is 10.2. The van der Waals surface area contributed by atoms with Crippen LogP contribution in [0.4, 0.5) is 22.7 Å². The van der Waals surface area contributed by atoms with E-state index < -0.39 is 4.92 Å². The predicted octanol–water partition coefficient (Wildman–Crippen LogP) is 4.95. The zero-order chi connectivity index (χ0) is 14.4. The Labute approximate surface area is 113 Å². The molecule has 0 aliphatic rings. The van der Waals surface area contributed by atoms with Crippen molar-refractivity contribution in [1.29, 1.82) is 0 Å². The average Bonchev–Trinajstić information content (AvgIpc) is 2.47. The van der Waals surface area contributed by atoms with Crippen molar-refractivity contribution in [3.05, 3.63) is 69.1 Å². The van der Waals surface area contributed by atoms with Gasteiger partial charge < -0.3 is 0 Å². The third-order valence-corrected chi connectivity index (χ3v) is 2.35. The Bertz CT molecular complexity index is 707. The summed E-state index contributed by atoms with van der Waals surface area (Å²) >= 11 is 0. The second-order valence-electron chi connectivity index (χ2n) is 3.66. The van der Waals surface area contributed by atoms with E-state index in [4.69, 9.17) is 5.53 Å². The van der Waals surface area contributed by atoms with Crippen LogP contribution in [0.15, 0.2) is 63.9 Å². The summed E-state index contributed by atoms with van der Waals surface area (Å²) in [4.78, 5) is 12.7. The molecule has 0 aliphatic carbocycles. The highest BCUT2D eigenvalue weighted by Crippen LogP contribution is 2.33. The third kappa shape index (κ3) is 3.15. The molecule has 0 bridgehead atoms. The van der Waals surface area contributed by atoms with Gasteiger partial charge in [0.1, 0.15) is 0 Å². The lowest BCUT2D eigenvalue weighted by atomic mass is 10.2. The second-order valence-corrected chi connectivity index (χ2v) is 3.66. The molecule has 0 amide bonds. The molecule has 0 N–H and O–H groups in total. The molecule has 0 saturated heterocycles. The van der Waals surface area contributed by atoms with Crippen molar-refractivity contribution in [2.45, 2.75) is 0 Å². The summed E-state index contributed by atoms with van der Waals surface area (Å²) in [5.74, 6) is 0. The molecule has 8 nitrogen and oxygen atoms in total. The molecule has 8 heteroatoms. The second kappa shape index (κ2) is 6.07. The Morgan fingerprint density at radius 1 is 1.05 bits per heavy atom. The first kappa shape index (κ1) is 13.2. The van der Waals surface area contributed by atoms with Crippen molar-refractivity contribution < 1.29 is 4.92 Å². The van der Waals surface area contributed by atoms with Gasteiger partial charge in [0.05, 0.1) is 22.0 Å². The predicted molar refractivity (Wildman–Crippen MR) is 72.5 cm³/mol. The molecule has 0 heterocycles. The highest BCUT2D eigenvalue weighted by atomic mass is 16.6. The maximum Gasteiger partial charge on any atom is 0.270 e. The fourth-order valence-electron chi connectivity index (χ4n) is 1.44. The van der Waals surface area contributed by atoms with Gasteiger partial charge in [-0.1, -0.05) is 23.3 Å². The van der Waals surface area contributed by atoms with Crippen molar-refractivity contribution in [1.82, 2.24) is 0 Å². The topological polar surface area (TPSA) is 117 Å². The Morgan fingerprint density at radius 2 is 1.80 bits per heavy atom. The quantitative estimate of drug-likeness (QED) is 0.256. The van der Waals surface area contributed by atoms with E-state index in [1.807, 2.05) is 6.07 Å². The smallest absolute Gasteiger partial charge is 0.258 e. The van der Waals surface area contributed by atoms with Crippen LogP contribution in [0.2, 0.25) is 0 Å². The van der Waals surface area contributed by atoms with Crippen LogP contribution in [-0.2, 0) is 0 Å². The molecule has 2 aromatic rings. The standard InChI is InChI=1S/C12H8N6O2/c13-17-16-12-8-10(18(19)20)6-7-11(12)15-14-9-4-2-1-3-5-9/h1-8H. The van der Waals surface area contributed by atoms with E-state index >= 15 is 0 Å². The number of azo groups is 1. The molecule has 0 spiro atoms. The highest BCUT2D eigenvalue weighted by Gasteiger charge is 2.09. The number of non-ortho nitro benzene ring substituents is 1. The Hall–Kier alpha value is -3.25. The van der Waals surface area contributed by atoms with Crippen molar-refractivity contribution >= 4 is 22.7 Å². The summed E-state index contributed by atoms with van der Waals surface area (Å²) in [6.45, 7) is 0. The minimum absolute atomic E-state index is 0.0568. The van der Waals surface area contributed by atoms with Crippen molar-refractivity contribution in [3.63, 3.8) is 0 Å². The summed E-state index contributed by atoms with van der Waals surface area (Å²) in [6, 6.07) is 12.8. The summed E-state index contributed by atoms with van der Waals surface area (Å²) in [7, 11) is 0. The minimum Gasteiger partial charge on any atom is -0.258 e. The van der Waals surface area contributed by atoms with Crippen molar-refractivity contribution in [2.75, 3.05) is 0 Å². The van der Waals surface area contributed by atoms with Gasteiger partial charge in [-0.3, -0.25) is 10.1 Å². The fraction of sp³-hybridized carbons (Fsp3) is 0. The summed E-state index contributed by atoms with van der Waals surface area (Å²) in [6.07, 6.45) is 0. The van der Waals surface area contributed by atoms with Crippen molar-refractivity contribution in [3.8, 4) is 0 Å². The van der Waals surface area contributed by atoms with E-state index in [-0.39, 0.29) is 17.1 Å². The third-order valence-electron chi connectivity index (χ3n) is 2.35. The molecular formula is C12H8N6O2. The molecule has 20 heavy (non-hydrogen) atoms. The van der Waals surface area contributed by atoms with E-state index in [0.717, 1.165) is 6.07 Å². The van der Waals surface area contributed by atoms with Gasteiger partial charge in [-0.05, 0) is 23.7 Å². The van der Waals surface area contributed by atoms with Gasteiger partial charge in [0.25, 0.3) is 5.69 Å². The highest BCUT2D eigenvalue weighted by molar-refractivity contribution is 5.65. The molecule has 0 radical (unpaired) electrons. The van der Waals surface area contributed by atoms with E-state index in [9.17, 15) is 10.1 Å². The van der Waals surface area contributed by atoms with Gasteiger partial charge in [0, 0.05) is 17.0 Å². The number of nitro groups is 1. The van der Waals surface area contributed by atoms with Gasteiger partial charge in [-0.2, -0.15) is 10.2 Å². The maximum absolute atomic E-state index is 10.7. The first-order valence-corrected chi connectivity index (χ1v) is 5.51. The number of hydrogen-bond acceptors (Lipinski definition) is 5. The number of benzene rings is 2. The van der Waals surface area contributed by atoms with Gasteiger partial charge >= 0.3 is 0 Å². The molecule has 2 rings (SSSR count). The zero-order valence-corrected chi connectivity index (χ0v) is 10.1. The maximum atomic E-state index is 10.7. The number of azide groups is 1. The number of nitro benzene ring substituents is 1. The van der Waals surface area contributed by atoms with Gasteiger partial charge in [-0.15, -0.1) is 0 Å². The van der Waals surface area contributed by atoms with E-state index in [1.165, 1.54) is 12.1 Å². The Morgan fingerprint density at radius 3 is 2.45 bits per heavy atom. The first-order chi connectivity index (χ1) is 9.70. The molecule has 2 aromatic carbocycles. The van der Waals surface area contributed by atoms with Gasteiger partial charge in [0.2, 0.25) is 0 Å². The van der Waals surface area contributed by atoms with Crippen LogP contribution in [0.5, 0.6) is 0 Å². The zero-order valence-electron chi connectivity index (χ0n) is 10.1. The average molecular weight is 268 g/mol. The molecule has 0 unspecified atom stereocenters. The lowest BCUT2D eigenvalue weighted by Gasteiger charge is -1.98. The summed E-state index contributed by atoms with van der Waals surface area (Å²) in [5, 5.41) is 21.9.